The summed E-state index contributed by atoms with van der Waals surface area (Å²) in [7, 11) is -4.35. The zero-order chi connectivity index (χ0) is 22.3. The molecule has 176 valence electrons. The molecule has 0 bridgehead atoms. The van der Waals surface area contributed by atoms with Crippen molar-refractivity contribution in [2.24, 2.45) is 5.41 Å². The normalized spacial score (nSPS) is 23.1. The average molecular weight is 463 g/mol. The van der Waals surface area contributed by atoms with Crippen LogP contribution in [0.4, 0.5) is 0 Å². The third-order valence-electron chi connectivity index (χ3n) is 6.70. The molecule has 0 aromatic rings. The Bertz CT molecular complexity index is 596. The molecule has 0 amide bonds. The first-order chi connectivity index (χ1) is 14.2. The zero-order valence-corrected chi connectivity index (χ0v) is 23.8. The van der Waals surface area contributed by atoms with Crippen LogP contribution in [0, 0.1) is 5.41 Å². The molecule has 0 saturated heterocycles. The Labute approximate surface area is 216 Å². The van der Waals surface area contributed by atoms with Crippen molar-refractivity contribution < 1.29 is 42.5 Å². The number of unbranched alkanes of at least 4 members (excludes halogenated alkanes) is 15. The monoisotopic (exact) mass is 462 g/mol. The molecule has 0 N–H and O–H groups in total. The summed E-state index contributed by atoms with van der Waals surface area (Å²) >= 11 is 0. The molecular weight excluding hydrogens is 415 g/mol. The van der Waals surface area contributed by atoms with Crippen LogP contribution in [0.15, 0.2) is 24.3 Å². The Morgan fingerprint density at radius 3 is 1.26 bits per heavy atom. The molecule has 31 heavy (non-hydrogen) atoms. The van der Waals surface area contributed by atoms with Gasteiger partial charge in [0.2, 0.25) is 0 Å². The number of rotatable bonds is 18. The topological polar surface area (TPSA) is 57.2 Å². The van der Waals surface area contributed by atoms with Gasteiger partial charge in [-0.2, -0.15) is 0 Å². The fourth-order valence-electron chi connectivity index (χ4n) is 4.21. The molecule has 0 radical (unpaired) electrons. The zero-order valence-electron chi connectivity index (χ0n) is 21.0. The first kappa shape index (κ1) is 31.4. The van der Waals surface area contributed by atoms with Gasteiger partial charge in [-0.15, -0.1) is 0 Å². The van der Waals surface area contributed by atoms with E-state index in [0.717, 1.165) is 12.8 Å². The minimum atomic E-state index is -4.35. The van der Waals surface area contributed by atoms with Gasteiger partial charge in [-0.3, -0.25) is 0 Å². The third-order valence-corrected chi connectivity index (χ3v) is 8.05. The molecule has 0 saturated carbocycles. The van der Waals surface area contributed by atoms with Gasteiger partial charge in [0.25, 0.3) is 0 Å². The van der Waals surface area contributed by atoms with Crippen molar-refractivity contribution >= 4 is 10.1 Å². The van der Waals surface area contributed by atoms with E-state index in [4.69, 9.17) is 0 Å². The Balaban J connectivity index is 0.00000900. The summed E-state index contributed by atoms with van der Waals surface area (Å²) in [6.07, 6.45) is 29.8. The summed E-state index contributed by atoms with van der Waals surface area (Å²) < 4.78 is 32.7. The first-order valence-electron chi connectivity index (χ1n) is 12.6. The minimum absolute atomic E-state index is 0. The summed E-state index contributed by atoms with van der Waals surface area (Å²) in [6, 6.07) is 0. The van der Waals surface area contributed by atoms with Crippen LogP contribution in [0.2, 0.25) is 0 Å². The van der Waals surface area contributed by atoms with E-state index < -0.39 is 14.9 Å². The molecule has 0 heterocycles. The third kappa shape index (κ3) is 13.6. The molecule has 1 aliphatic rings. The summed E-state index contributed by atoms with van der Waals surface area (Å²) in [5.74, 6) is 0. The van der Waals surface area contributed by atoms with Crippen LogP contribution in [0.25, 0.3) is 0 Å². The summed E-state index contributed by atoms with van der Waals surface area (Å²) in [6.45, 7) is 5.86. The average Bonchev–Trinajstić information content (AvgIpc) is 2.69. The standard InChI is InChI=1S/C26H48O3S.Na/c1-4-5-6-7-8-9-10-11-12-13-14-15-16-17-18-19-20-25(2)21-23-26(3,24-22-25)30(27,28)29;/h21-24H,4-20H2,1-3H3,(H,27,28,29);/q;+1/p-1. The maximum atomic E-state index is 11.4. The van der Waals surface area contributed by atoms with Gasteiger partial charge in [-0.25, -0.2) is 8.42 Å². The second kappa shape index (κ2) is 16.9. The number of allylic oxidation sites excluding steroid dienone is 2. The van der Waals surface area contributed by atoms with Crippen LogP contribution < -0.4 is 29.6 Å². The Kier molecular flexibility index (Phi) is 17.1. The largest absolute Gasteiger partial charge is 1.00 e. The second-order valence-corrected chi connectivity index (χ2v) is 11.7. The van der Waals surface area contributed by atoms with Gasteiger partial charge >= 0.3 is 29.6 Å². The van der Waals surface area contributed by atoms with Gasteiger partial charge in [0.05, 0.1) is 4.75 Å². The predicted molar refractivity (Wildman–Crippen MR) is 129 cm³/mol. The molecule has 1 aliphatic carbocycles. The van der Waals surface area contributed by atoms with E-state index in [2.05, 4.69) is 13.8 Å². The summed E-state index contributed by atoms with van der Waals surface area (Å²) in [5.41, 5.74) is -0.125. The van der Waals surface area contributed by atoms with E-state index >= 15 is 0 Å². The Morgan fingerprint density at radius 1 is 0.613 bits per heavy atom. The fourth-order valence-corrected chi connectivity index (χ4v) is 4.68. The molecular formula is C26H47NaO3S. The second-order valence-electron chi connectivity index (χ2n) is 9.86. The molecule has 0 fully saturated rings. The molecule has 0 unspecified atom stereocenters. The van der Waals surface area contributed by atoms with Gasteiger partial charge in [0.15, 0.2) is 0 Å². The molecule has 5 heteroatoms. The number of hydrogen-bond donors (Lipinski definition) is 0. The van der Waals surface area contributed by atoms with Crippen LogP contribution in [-0.4, -0.2) is 17.7 Å². The Hall–Kier alpha value is 0.390. The van der Waals surface area contributed by atoms with Gasteiger partial charge in [-0.05, 0) is 13.3 Å². The van der Waals surface area contributed by atoms with Crippen molar-refractivity contribution in [3.8, 4) is 0 Å². The summed E-state index contributed by atoms with van der Waals surface area (Å²) in [5, 5.41) is 0. The molecule has 3 nitrogen and oxygen atoms in total. The quantitative estimate of drug-likeness (QED) is 0.124. The maximum Gasteiger partial charge on any atom is 1.00 e. The van der Waals surface area contributed by atoms with Crippen molar-refractivity contribution in [1.29, 1.82) is 0 Å². The SMILES string of the molecule is CCCCCCCCCCCCCCCCCCC1(C)C=CC(C)(S(=O)(=O)[O-])C=C1.[Na+]. The Morgan fingerprint density at radius 2 is 0.935 bits per heavy atom. The van der Waals surface area contributed by atoms with Gasteiger partial charge in [0.1, 0.15) is 10.1 Å². The van der Waals surface area contributed by atoms with Crippen LogP contribution in [0.5, 0.6) is 0 Å². The minimum Gasteiger partial charge on any atom is -0.747 e. The van der Waals surface area contributed by atoms with E-state index in [9.17, 15) is 13.0 Å². The van der Waals surface area contributed by atoms with Gasteiger partial charge in [0, 0.05) is 5.41 Å². The number of hydrogen-bond acceptors (Lipinski definition) is 3. The van der Waals surface area contributed by atoms with E-state index in [-0.39, 0.29) is 35.0 Å². The van der Waals surface area contributed by atoms with Crippen molar-refractivity contribution in [3.63, 3.8) is 0 Å². The molecule has 0 atom stereocenters. The van der Waals surface area contributed by atoms with E-state index in [0.29, 0.717) is 0 Å². The van der Waals surface area contributed by atoms with Crippen molar-refractivity contribution in [3.05, 3.63) is 24.3 Å². The van der Waals surface area contributed by atoms with Gasteiger partial charge < -0.3 is 4.55 Å². The van der Waals surface area contributed by atoms with Crippen molar-refractivity contribution in [2.45, 2.75) is 135 Å². The maximum absolute atomic E-state index is 11.4. The summed E-state index contributed by atoms with van der Waals surface area (Å²) in [4.78, 5) is 0. The van der Waals surface area contributed by atoms with E-state index in [1.807, 2.05) is 12.2 Å². The molecule has 0 spiro atoms. The van der Waals surface area contributed by atoms with Crippen LogP contribution in [0.3, 0.4) is 0 Å². The predicted octanol–water partition coefficient (Wildman–Crippen LogP) is 5.08. The van der Waals surface area contributed by atoms with E-state index in [1.54, 1.807) is 12.2 Å². The molecule has 0 aromatic carbocycles. The van der Waals surface area contributed by atoms with Crippen LogP contribution >= 0.6 is 0 Å². The van der Waals surface area contributed by atoms with E-state index in [1.165, 1.54) is 103 Å². The molecule has 0 aliphatic heterocycles. The van der Waals surface area contributed by atoms with Gasteiger partial charge in [-0.1, -0.05) is 141 Å². The van der Waals surface area contributed by atoms with Crippen molar-refractivity contribution in [1.82, 2.24) is 0 Å². The van der Waals surface area contributed by atoms with Crippen molar-refractivity contribution in [2.75, 3.05) is 0 Å². The fraction of sp³-hybridized carbons (Fsp3) is 0.846. The van der Waals surface area contributed by atoms with Crippen LogP contribution in [0.1, 0.15) is 130 Å². The van der Waals surface area contributed by atoms with Crippen LogP contribution in [-0.2, 0) is 10.1 Å². The smallest absolute Gasteiger partial charge is 0.747 e. The molecule has 0 aromatic heterocycles. The first-order valence-corrected chi connectivity index (χ1v) is 14.0. The molecule has 1 rings (SSSR count).